The SMILES string of the molecule is CC1CCCCN1CC(O)c1ccc2c(c1)OCO2. The van der Waals surface area contributed by atoms with Crippen LogP contribution in [0.5, 0.6) is 11.5 Å². The Labute approximate surface area is 113 Å². The largest absolute Gasteiger partial charge is 0.454 e. The zero-order valence-electron chi connectivity index (χ0n) is 11.3. The molecular formula is C15H21NO3. The minimum absolute atomic E-state index is 0.276. The zero-order valence-corrected chi connectivity index (χ0v) is 11.3. The highest BCUT2D eigenvalue weighted by atomic mass is 16.7. The monoisotopic (exact) mass is 263 g/mol. The Balaban J connectivity index is 1.68. The molecule has 0 aliphatic carbocycles. The van der Waals surface area contributed by atoms with Gasteiger partial charge in [0.05, 0.1) is 6.10 Å². The molecule has 0 saturated carbocycles. The molecule has 2 atom stereocenters. The van der Waals surface area contributed by atoms with Crippen molar-refractivity contribution >= 4 is 0 Å². The van der Waals surface area contributed by atoms with E-state index in [9.17, 15) is 5.11 Å². The van der Waals surface area contributed by atoms with Crippen molar-refractivity contribution in [3.8, 4) is 11.5 Å². The number of rotatable bonds is 3. The second-order valence-electron chi connectivity index (χ2n) is 5.47. The molecule has 2 unspecified atom stereocenters. The summed E-state index contributed by atoms with van der Waals surface area (Å²) in [5.41, 5.74) is 0.905. The van der Waals surface area contributed by atoms with E-state index in [0.29, 0.717) is 12.6 Å². The van der Waals surface area contributed by atoms with Crippen molar-refractivity contribution in [1.29, 1.82) is 0 Å². The molecule has 1 aromatic rings. The van der Waals surface area contributed by atoms with E-state index in [-0.39, 0.29) is 6.79 Å². The number of likely N-dealkylation sites (tertiary alicyclic amines) is 1. The fourth-order valence-corrected chi connectivity index (χ4v) is 2.88. The molecule has 0 amide bonds. The van der Waals surface area contributed by atoms with E-state index in [1.807, 2.05) is 18.2 Å². The van der Waals surface area contributed by atoms with E-state index in [2.05, 4.69) is 11.8 Å². The molecule has 1 aromatic carbocycles. The molecule has 4 nitrogen and oxygen atoms in total. The molecule has 0 aromatic heterocycles. The molecule has 104 valence electrons. The quantitative estimate of drug-likeness (QED) is 0.908. The highest BCUT2D eigenvalue weighted by Gasteiger charge is 2.23. The predicted octanol–water partition coefficient (Wildman–Crippen LogP) is 2.32. The average Bonchev–Trinajstić information content (AvgIpc) is 2.88. The summed E-state index contributed by atoms with van der Waals surface area (Å²) in [6.07, 6.45) is 3.30. The van der Waals surface area contributed by atoms with Crippen LogP contribution >= 0.6 is 0 Å². The molecular weight excluding hydrogens is 242 g/mol. The summed E-state index contributed by atoms with van der Waals surface area (Å²) in [4.78, 5) is 2.37. The molecule has 0 spiro atoms. The van der Waals surface area contributed by atoms with Gasteiger partial charge in [-0.3, -0.25) is 4.90 Å². The van der Waals surface area contributed by atoms with E-state index in [4.69, 9.17) is 9.47 Å². The maximum atomic E-state index is 10.4. The van der Waals surface area contributed by atoms with E-state index >= 15 is 0 Å². The van der Waals surface area contributed by atoms with Gasteiger partial charge in [-0.05, 0) is 44.0 Å². The first-order valence-electron chi connectivity index (χ1n) is 7.06. The number of β-amino-alcohol motifs (C(OH)–C–C–N with tert-alkyl or cyclic N) is 1. The molecule has 1 saturated heterocycles. The van der Waals surface area contributed by atoms with Crippen LogP contribution in [0, 0.1) is 0 Å². The van der Waals surface area contributed by atoms with Gasteiger partial charge in [-0.2, -0.15) is 0 Å². The Morgan fingerprint density at radius 2 is 2.16 bits per heavy atom. The van der Waals surface area contributed by atoms with Gasteiger partial charge < -0.3 is 14.6 Å². The number of hydrogen-bond acceptors (Lipinski definition) is 4. The van der Waals surface area contributed by atoms with Crippen LogP contribution < -0.4 is 9.47 Å². The van der Waals surface area contributed by atoms with Crippen molar-refractivity contribution in [1.82, 2.24) is 4.90 Å². The molecule has 0 radical (unpaired) electrons. The van der Waals surface area contributed by atoms with Gasteiger partial charge >= 0.3 is 0 Å². The summed E-state index contributed by atoms with van der Waals surface area (Å²) >= 11 is 0. The number of aliphatic hydroxyl groups excluding tert-OH is 1. The van der Waals surface area contributed by atoms with Crippen LogP contribution in [-0.4, -0.2) is 35.9 Å². The maximum absolute atomic E-state index is 10.4. The van der Waals surface area contributed by atoms with Crippen molar-refractivity contribution in [3.05, 3.63) is 23.8 Å². The van der Waals surface area contributed by atoms with Gasteiger partial charge in [-0.15, -0.1) is 0 Å². The van der Waals surface area contributed by atoms with E-state index in [1.54, 1.807) is 0 Å². The number of hydrogen-bond donors (Lipinski definition) is 1. The molecule has 2 aliphatic rings. The van der Waals surface area contributed by atoms with Crippen LogP contribution in [0.2, 0.25) is 0 Å². The summed E-state index contributed by atoms with van der Waals surface area (Å²) in [6.45, 7) is 4.30. The predicted molar refractivity (Wildman–Crippen MR) is 72.4 cm³/mol. The van der Waals surface area contributed by atoms with Gasteiger partial charge in [0.25, 0.3) is 0 Å². The first-order chi connectivity index (χ1) is 9.24. The zero-order chi connectivity index (χ0) is 13.2. The normalized spacial score (nSPS) is 24.4. The van der Waals surface area contributed by atoms with Gasteiger partial charge in [0.2, 0.25) is 6.79 Å². The van der Waals surface area contributed by atoms with Gasteiger partial charge in [0.1, 0.15) is 0 Å². The minimum atomic E-state index is -0.463. The van der Waals surface area contributed by atoms with Crippen molar-refractivity contribution in [2.75, 3.05) is 19.9 Å². The Bertz CT molecular complexity index is 449. The topological polar surface area (TPSA) is 41.9 Å². The summed E-state index contributed by atoms with van der Waals surface area (Å²) < 4.78 is 10.6. The third kappa shape index (κ3) is 2.69. The number of piperidine rings is 1. The van der Waals surface area contributed by atoms with Gasteiger partial charge in [-0.25, -0.2) is 0 Å². The second-order valence-corrected chi connectivity index (χ2v) is 5.47. The van der Waals surface area contributed by atoms with E-state index < -0.39 is 6.10 Å². The first-order valence-corrected chi connectivity index (χ1v) is 7.06. The smallest absolute Gasteiger partial charge is 0.231 e. The van der Waals surface area contributed by atoms with Crippen LogP contribution in [0.1, 0.15) is 37.9 Å². The highest BCUT2D eigenvalue weighted by Crippen LogP contribution is 2.34. The highest BCUT2D eigenvalue weighted by molar-refractivity contribution is 5.45. The molecule has 2 aliphatic heterocycles. The van der Waals surface area contributed by atoms with Crippen molar-refractivity contribution in [2.24, 2.45) is 0 Å². The Hall–Kier alpha value is -1.26. The van der Waals surface area contributed by atoms with E-state index in [0.717, 1.165) is 23.6 Å². The standard InChI is InChI=1S/C15H21NO3/c1-11-4-2-3-7-16(11)9-13(17)12-5-6-14-15(8-12)19-10-18-14/h5-6,8,11,13,17H,2-4,7,9-10H2,1H3. The molecule has 1 N–H and O–H groups in total. The van der Waals surface area contributed by atoms with Crippen molar-refractivity contribution in [2.45, 2.75) is 38.3 Å². The summed E-state index contributed by atoms with van der Waals surface area (Å²) in [5.74, 6) is 1.51. The number of fused-ring (bicyclic) bond motifs is 1. The summed E-state index contributed by atoms with van der Waals surface area (Å²) in [7, 11) is 0. The molecule has 3 rings (SSSR count). The van der Waals surface area contributed by atoms with Crippen LogP contribution in [0.4, 0.5) is 0 Å². The Morgan fingerprint density at radius 1 is 1.32 bits per heavy atom. The van der Waals surface area contributed by atoms with Crippen molar-refractivity contribution in [3.63, 3.8) is 0 Å². The lowest BCUT2D eigenvalue weighted by molar-refractivity contribution is 0.0731. The third-order valence-electron chi connectivity index (χ3n) is 4.13. The van der Waals surface area contributed by atoms with Crippen molar-refractivity contribution < 1.29 is 14.6 Å². The molecule has 1 fully saturated rings. The number of benzene rings is 1. The van der Waals surface area contributed by atoms with Gasteiger partial charge in [0.15, 0.2) is 11.5 Å². The number of ether oxygens (including phenoxy) is 2. The maximum Gasteiger partial charge on any atom is 0.231 e. The summed E-state index contributed by atoms with van der Waals surface area (Å²) in [5, 5.41) is 10.4. The fraction of sp³-hybridized carbons (Fsp3) is 0.600. The summed E-state index contributed by atoms with van der Waals surface area (Å²) in [6, 6.07) is 6.26. The van der Waals surface area contributed by atoms with Crippen LogP contribution in [-0.2, 0) is 0 Å². The van der Waals surface area contributed by atoms with Crippen LogP contribution in [0.15, 0.2) is 18.2 Å². The lowest BCUT2D eigenvalue weighted by Gasteiger charge is -2.34. The number of nitrogens with zero attached hydrogens (tertiary/aromatic N) is 1. The fourth-order valence-electron chi connectivity index (χ4n) is 2.88. The van der Waals surface area contributed by atoms with E-state index in [1.165, 1.54) is 19.3 Å². The number of aliphatic hydroxyl groups is 1. The first kappa shape index (κ1) is 12.8. The lowest BCUT2D eigenvalue weighted by Crippen LogP contribution is -2.40. The van der Waals surface area contributed by atoms with Crippen LogP contribution in [0.3, 0.4) is 0 Å². The third-order valence-corrected chi connectivity index (χ3v) is 4.13. The Kier molecular flexibility index (Phi) is 3.62. The van der Waals surface area contributed by atoms with Gasteiger partial charge in [0, 0.05) is 12.6 Å². The molecule has 2 heterocycles. The molecule has 4 heteroatoms. The molecule has 19 heavy (non-hydrogen) atoms. The Morgan fingerprint density at radius 3 is 3.00 bits per heavy atom. The molecule has 0 bridgehead atoms. The van der Waals surface area contributed by atoms with Gasteiger partial charge in [-0.1, -0.05) is 12.5 Å². The van der Waals surface area contributed by atoms with Crippen LogP contribution in [0.25, 0.3) is 0 Å². The second kappa shape index (κ2) is 5.39. The minimum Gasteiger partial charge on any atom is -0.454 e. The average molecular weight is 263 g/mol. The lowest BCUT2D eigenvalue weighted by atomic mass is 10.0.